The van der Waals surface area contributed by atoms with Gasteiger partial charge in [-0.15, -0.1) is 0 Å². The fourth-order valence-electron chi connectivity index (χ4n) is 2.86. The number of urea groups is 1. The minimum Gasteiger partial charge on any atom is -0.312 e. The topological polar surface area (TPSA) is 40.6 Å². The Morgan fingerprint density at radius 3 is 2.47 bits per heavy atom. The first kappa shape index (κ1) is 12.4. The fraction of sp³-hybridized carbons (Fsp3) is 0.846. The van der Waals surface area contributed by atoms with Crippen molar-refractivity contribution in [1.29, 1.82) is 0 Å². The first-order valence-electron chi connectivity index (χ1n) is 6.51. The molecule has 0 aromatic rings. The summed E-state index contributed by atoms with van der Waals surface area (Å²) in [5.74, 6) is 0.591. The SMILES string of the molecule is CCC1CCN2C(=O)N(C(C)(C)C)C(=O)C2C1. The number of carbonyl (C=O) groups excluding carboxylic acids is 2. The van der Waals surface area contributed by atoms with Crippen LogP contribution in [0, 0.1) is 5.92 Å². The standard InChI is InChI=1S/C13H22N2O2/c1-5-9-6-7-14-10(8-9)11(16)15(12(14)17)13(2,3)4/h9-10H,5-8H2,1-4H3. The average Bonchev–Trinajstić information content (AvgIpc) is 2.50. The van der Waals surface area contributed by atoms with Crippen molar-refractivity contribution >= 4 is 11.9 Å². The molecule has 4 heteroatoms. The second kappa shape index (κ2) is 4.00. The fourth-order valence-corrected chi connectivity index (χ4v) is 2.86. The number of hydrogen-bond donors (Lipinski definition) is 0. The molecule has 2 fully saturated rings. The third-order valence-electron chi connectivity index (χ3n) is 3.90. The summed E-state index contributed by atoms with van der Waals surface area (Å²) in [6.45, 7) is 8.64. The molecule has 0 saturated carbocycles. The van der Waals surface area contributed by atoms with Gasteiger partial charge in [0.2, 0.25) is 0 Å². The van der Waals surface area contributed by atoms with Crippen LogP contribution >= 0.6 is 0 Å². The number of hydrogen-bond acceptors (Lipinski definition) is 2. The summed E-state index contributed by atoms with van der Waals surface area (Å²) in [5.41, 5.74) is -0.410. The highest BCUT2D eigenvalue weighted by Gasteiger charge is 2.50. The summed E-state index contributed by atoms with van der Waals surface area (Å²) < 4.78 is 0. The van der Waals surface area contributed by atoms with E-state index in [1.165, 1.54) is 4.90 Å². The molecule has 4 nitrogen and oxygen atoms in total. The molecule has 96 valence electrons. The molecule has 0 spiro atoms. The number of fused-ring (bicyclic) bond motifs is 1. The molecule has 0 radical (unpaired) electrons. The van der Waals surface area contributed by atoms with E-state index >= 15 is 0 Å². The van der Waals surface area contributed by atoms with Gasteiger partial charge in [0.25, 0.3) is 5.91 Å². The molecule has 0 aliphatic carbocycles. The molecule has 2 aliphatic rings. The maximum absolute atomic E-state index is 12.3. The van der Waals surface area contributed by atoms with Crippen molar-refractivity contribution in [3.05, 3.63) is 0 Å². The van der Waals surface area contributed by atoms with Gasteiger partial charge in [0.15, 0.2) is 0 Å². The predicted octanol–water partition coefficient (Wildman–Crippen LogP) is 2.24. The number of piperidine rings is 1. The smallest absolute Gasteiger partial charge is 0.312 e. The number of nitrogens with zero attached hydrogens (tertiary/aromatic N) is 2. The van der Waals surface area contributed by atoms with Crippen LogP contribution in [-0.2, 0) is 4.79 Å². The lowest BCUT2D eigenvalue weighted by Gasteiger charge is -2.32. The summed E-state index contributed by atoms with van der Waals surface area (Å²) in [6, 6.07) is -0.289. The Balaban J connectivity index is 2.23. The zero-order chi connectivity index (χ0) is 12.8. The number of amides is 3. The lowest BCUT2D eigenvalue weighted by molar-refractivity contribution is -0.132. The molecule has 0 aromatic heterocycles. The number of imide groups is 1. The van der Waals surface area contributed by atoms with E-state index in [1.807, 2.05) is 20.8 Å². The first-order valence-corrected chi connectivity index (χ1v) is 6.51. The van der Waals surface area contributed by atoms with E-state index < -0.39 is 5.54 Å². The lowest BCUT2D eigenvalue weighted by Crippen LogP contribution is -2.46. The molecule has 2 rings (SSSR count). The van der Waals surface area contributed by atoms with Crippen LogP contribution in [0.25, 0.3) is 0 Å². The highest BCUT2D eigenvalue weighted by molar-refractivity contribution is 6.05. The van der Waals surface area contributed by atoms with Crippen LogP contribution in [0.4, 0.5) is 4.79 Å². The lowest BCUT2D eigenvalue weighted by atomic mass is 9.89. The molecule has 0 N–H and O–H groups in total. The Morgan fingerprint density at radius 1 is 1.29 bits per heavy atom. The van der Waals surface area contributed by atoms with Gasteiger partial charge < -0.3 is 4.90 Å². The quantitative estimate of drug-likeness (QED) is 0.657. The number of carbonyl (C=O) groups is 2. The van der Waals surface area contributed by atoms with Gasteiger partial charge in [0.1, 0.15) is 6.04 Å². The second-order valence-corrected chi connectivity index (χ2v) is 6.13. The molecule has 17 heavy (non-hydrogen) atoms. The van der Waals surface area contributed by atoms with Crippen molar-refractivity contribution in [2.75, 3.05) is 6.54 Å². The minimum absolute atomic E-state index is 0.000602. The highest BCUT2D eigenvalue weighted by atomic mass is 16.2. The summed E-state index contributed by atoms with van der Waals surface area (Å²) in [4.78, 5) is 27.7. The average molecular weight is 238 g/mol. The van der Waals surface area contributed by atoms with E-state index in [9.17, 15) is 9.59 Å². The van der Waals surface area contributed by atoms with Crippen LogP contribution < -0.4 is 0 Å². The highest BCUT2D eigenvalue weighted by Crippen LogP contribution is 2.34. The Kier molecular flexibility index (Phi) is 2.92. The van der Waals surface area contributed by atoms with Gasteiger partial charge in [-0.05, 0) is 39.5 Å². The van der Waals surface area contributed by atoms with E-state index in [1.54, 1.807) is 4.90 Å². The second-order valence-electron chi connectivity index (χ2n) is 6.13. The molecule has 2 unspecified atom stereocenters. The minimum atomic E-state index is -0.410. The van der Waals surface area contributed by atoms with E-state index in [-0.39, 0.29) is 18.0 Å². The maximum Gasteiger partial charge on any atom is 0.327 e. The Hall–Kier alpha value is -1.06. The van der Waals surface area contributed by atoms with Crippen LogP contribution in [0.5, 0.6) is 0 Å². The van der Waals surface area contributed by atoms with Gasteiger partial charge in [-0.1, -0.05) is 13.3 Å². The molecule has 0 aromatic carbocycles. The predicted molar refractivity (Wildman–Crippen MR) is 65.5 cm³/mol. The molecule has 2 saturated heterocycles. The van der Waals surface area contributed by atoms with Gasteiger partial charge in [0.05, 0.1) is 0 Å². The van der Waals surface area contributed by atoms with Crippen LogP contribution in [0.3, 0.4) is 0 Å². The van der Waals surface area contributed by atoms with Crippen molar-refractivity contribution < 1.29 is 9.59 Å². The van der Waals surface area contributed by atoms with Gasteiger partial charge in [-0.25, -0.2) is 4.79 Å². The summed E-state index contributed by atoms with van der Waals surface area (Å²) in [7, 11) is 0. The van der Waals surface area contributed by atoms with E-state index in [4.69, 9.17) is 0 Å². The normalized spacial score (nSPS) is 29.9. The van der Waals surface area contributed by atoms with Crippen LogP contribution in [0.15, 0.2) is 0 Å². The van der Waals surface area contributed by atoms with Crippen molar-refractivity contribution in [1.82, 2.24) is 9.80 Å². The molecule has 3 amide bonds. The van der Waals surface area contributed by atoms with Gasteiger partial charge in [-0.2, -0.15) is 0 Å². The van der Waals surface area contributed by atoms with Crippen molar-refractivity contribution in [2.45, 2.75) is 58.5 Å². The number of rotatable bonds is 1. The van der Waals surface area contributed by atoms with E-state index in [0.29, 0.717) is 5.92 Å². The molecule has 2 heterocycles. The molecule has 2 aliphatic heterocycles. The van der Waals surface area contributed by atoms with Crippen molar-refractivity contribution in [3.8, 4) is 0 Å². The van der Waals surface area contributed by atoms with E-state index in [0.717, 1.165) is 25.8 Å². The molecule has 0 bridgehead atoms. The van der Waals surface area contributed by atoms with Crippen LogP contribution in [0.2, 0.25) is 0 Å². The monoisotopic (exact) mass is 238 g/mol. The molecular formula is C13H22N2O2. The van der Waals surface area contributed by atoms with Crippen molar-refractivity contribution in [2.24, 2.45) is 5.92 Å². The van der Waals surface area contributed by atoms with Crippen LogP contribution in [0.1, 0.15) is 47.0 Å². The maximum atomic E-state index is 12.3. The summed E-state index contributed by atoms with van der Waals surface area (Å²) in [5, 5.41) is 0. The zero-order valence-corrected chi connectivity index (χ0v) is 11.2. The Morgan fingerprint density at radius 2 is 1.94 bits per heavy atom. The largest absolute Gasteiger partial charge is 0.327 e. The zero-order valence-electron chi connectivity index (χ0n) is 11.2. The summed E-state index contributed by atoms with van der Waals surface area (Å²) >= 11 is 0. The van der Waals surface area contributed by atoms with Crippen LogP contribution in [-0.4, -0.2) is 39.9 Å². The van der Waals surface area contributed by atoms with Crippen molar-refractivity contribution in [3.63, 3.8) is 0 Å². The summed E-state index contributed by atoms with van der Waals surface area (Å²) in [6.07, 6.45) is 2.97. The molecule has 2 atom stereocenters. The Bertz CT molecular complexity index is 346. The Labute approximate surface area is 103 Å². The van der Waals surface area contributed by atoms with E-state index in [2.05, 4.69) is 6.92 Å². The van der Waals surface area contributed by atoms with Gasteiger partial charge >= 0.3 is 6.03 Å². The third-order valence-corrected chi connectivity index (χ3v) is 3.90. The third kappa shape index (κ3) is 1.94. The van der Waals surface area contributed by atoms with Gasteiger partial charge in [0, 0.05) is 12.1 Å². The molecular weight excluding hydrogens is 216 g/mol. The van der Waals surface area contributed by atoms with Gasteiger partial charge in [-0.3, -0.25) is 9.69 Å². The first-order chi connectivity index (χ1) is 7.86.